The smallest absolute Gasteiger partial charge is 0.407 e. The summed E-state index contributed by atoms with van der Waals surface area (Å²) in [6, 6.07) is 5.96. The maximum absolute atomic E-state index is 12.0. The number of rotatable bonds is 7. The van der Waals surface area contributed by atoms with Crippen LogP contribution in [0.25, 0.3) is 5.70 Å². The molecule has 0 aliphatic carbocycles. The molecule has 1 aromatic rings. The molecule has 0 aliphatic rings. The van der Waals surface area contributed by atoms with Crippen molar-refractivity contribution in [2.24, 2.45) is 10.7 Å². The Morgan fingerprint density at radius 1 is 1.43 bits per heavy atom. The molecule has 1 aromatic carbocycles. The summed E-state index contributed by atoms with van der Waals surface area (Å²) in [5.41, 5.74) is 6.08. The molecule has 4 N–H and O–H groups in total. The first-order valence-corrected chi connectivity index (χ1v) is 9.53. The highest BCUT2D eigenvalue weighted by molar-refractivity contribution is 14.1. The van der Waals surface area contributed by atoms with Crippen LogP contribution in [0.3, 0.4) is 0 Å². The third-order valence-corrected chi connectivity index (χ3v) is 3.78. The zero-order chi connectivity index (χ0) is 21.3. The molecule has 0 aromatic heterocycles. The Balaban J connectivity index is 3.00. The third-order valence-electron chi connectivity index (χ3n) is 3.14. The number of amides is 1. The van der Waals surface area contributed by atoms with Gasteiger partial charge in [-0.25, -0.2) is 9.59 Å². The number of halogens is 2. The molecule has 8 nitrogen and oxygen atoms in total. The molecule has 0 saturated carbocycles. The SMILES string of the molecule is CC(C)(C)OC(=O)NCC(CO)N=C(C=C(N)c1cccc(Cl)c1)C(=O)OI. The fraction of sp³-hybridized carbons (Fsp3) is 0.389. The molecular weight excluding hydrogens is 501 g/mol. The number of nitrogens with two attached hydrogens (primary N) is 1. The molecule has 1 unspecified atom stereocenters. The Hall–Kier alpha value is -1.85. The Labute approximate surface area is 182 Å². The van der Waals surface area contributed by atoms with Crippen molar-refractivity contribution in [3.05, 3.63) is 40.9 Å². The quantitative estimate of drug-likeness (QED) is 0.373. The van der Waals surface area contributed by atoms with E-state index in [1.165, 1.54) is 29.1 Å². The normalized spacial score (nSPS) is 13.6. The highest BCUT2D eigenvalue weighted by Crippen LogP contribution is 2.16. The van der Waals surface area contributed by atoms with Gasteiger partial charge in [0.2, 0.25) is 0 Å². The Morgan fingerprint density at radius 3 is 2.64 bits per heavy atom. The van der Waals surface area contributed by atoms with Gasteiger partial charge in [0.1, 0.15) is 11.3 Å². The number of hydrogen-bond donors (Lipinski definition) is 3. The minimum atomic E-state index is -0.804. The summed E-state index contributed by atoms with van der Waals surface area (Å²) in [5.74, 6) is -0.749. The lowest BCUT2D eigenvalue weighted by molar-refractivity contribution is -0.124. The number of aliphatic imine (C=N–C) groups is 1. The Kier molecular flexibility index (Phi) is 9.70. The largest absolute Gasteiger partial charge is 0.444 e. The molecule has 10 heteroatoms. The van der Waals surface area contributed by atoms with Gasteiger partial charge in [0.05, 0.1) is 12.6 Å². The molecule has 1 rings (SSSR count). The number of ether oxygens (including phenoxy) is 1. The summed E-state index contributed by atoms with van der Waals surface area (Å²) in [5, 5.41) is 12.5. The molecule has 154 valence electrons. The third kappa shape index (κ3) is 8.89. The van der Waals surface area contributed by atoms with Gasteiger partial charge >= 0.3 is 12.1 Å². The van der Waals surface area contributed by atoms with Crippen LogP contribution in [0.5, 0.6) is 0 Å². The van der Waals surface area contributed by atoms with Crippen LogP contribution in [-0.2, 0) is 12.6 Å². The topological polar surface area (TPSA) is 123 Å². The van der Waals surface area contributed by atoms with Gasteiger partial charge < -0.3 is 24.0 Å². The average molecular weight is 524 g/mol. The summed E-state index contributed by atoms with van der Waals surface area (Å²) in [4.78, 5) is 27.9. The van der Waals surface area contributed by atoms with E-state index < -0.39 is 30.3 Å². The molecule has 1 atom stereocenters. The molecular formula is C18H23ClIN3O5. The lowest BCUT2D eigenvalue weighted by Crippen LogP contribution is -2.38. The second kappa shape index (κ2) is 11.2. The van der Waals surface area contributed by atoms with Crippen LogP contribution in [0.1, 0.15) is 26.3 Å². The summed E-state index contributed by atoms with van der Waals surface area (Å²) < 4.78 is 9.81. The number of aliphatic hydroxyl groups is 1. The summed E-state index contributed by atoms with van der Waals surface area (Å²) in [6.07, 6.45) is 0.663. The van der Waals surface area contributed by atoms with E-state index in [9.17, 15) is 14.7 Å². The number of carbonyl (C=O) groups is 2. The van der Waals surface area contributed by atoms with E-state index in [1.807, 2.05) is 0 Å². The fourth-order valence-corrected chi connectivity index (χ4v) is 2.37. The first kappa shape index (κ1) is 24.2. The van der Waals surface area contributed by atoms with E-state index in [-0.39, 0.29) is 18.0 Å². The van der Waals surface area contributed by atoms with Crippen LogP contribution >= 0.6 is 34.6 Å². The number of nitrogens with zero attached hydrogens (tertiary/aromatic N) is 1. The zero-order valence-corrected chi connectivity index (χ0v) is 18.7. The van der Waals surface area contributed by atoms with E-state index in [2.05, 4.69) is 10.3 Å². The minimum absolute atomic E-state index is 0.0473. The number of hydrogen-bond acceptors (Lipinski definition) is 7. The van der Waals surface area contributed by atoms with Crippen molar-refractivity contribution in [2.45, 2.75) is 32.4 Å². The molecule has 28 heavy (non-hydrogen) atoms. The van der Waals surface area contributed by atoms with Gasteiger partial charge in [-0.1, -0.05) is 23.7 Å². The Bertz CT molecular complexity index is 762. The Morgan fingerprint density at radius 2 is 2.11 bits per heavy atom. The predicted octanol–water partition coefficient (Wildman–Crippen LogP) is 2.86. The van der Waals surface area contributed by atoms with Crippen LogP contribution in [-0.4, -0.2) is 47.7 Å². The fourth-order valence-electron chi connectivity index (χ4n) is 1.95. The summed E-state index contributed by atoms with van der Waals surface area (Å²) in [7, 11) is 0. The monoisotopic (exact) mass is 523 g/mol. The minimum Gasteiger partial charge on any atom is -0.444 e. The lowest BCUT2D eigenvalue weighted by atomic mass is 10.1. The molecule has 1 amide bonds. The van der Waals surface area contributed by atoms with E-state index >= 15 is 0 Å². The number of nitrogens with one attached hydrogen (secondary N) is 1. The molecule has 0 radical (unpaired) electrons. The van der Waals surface area contributed by atoms with Gasteiger partial charge in [-0.05, 0) is 44.5 Å². The second-order valence-electron chi connectivity index (χ2n) is 6.71. The van der Waals surface area contributed by atoms with Gasteiger partial charge in [0.15, 0.2) is 23.0 Å². The van der Waals surface area contributed by atoms with E-state index in [4.69, 9.17) is 25.1 Å². The van der Waals surface area contributed by atoms with Crippen molar-refractivity contribution >= 4 is 58.1 Å². The van der Waals surface area contributed by atoms with Crippen molar-refractivity contribution < 1.29 is 22.5 Å². The molecule has 0 heterocycles. The van der Waals surface area contributed by atoms with Gasteiger partial charge in [-0.3, -0.25) is 4.99 Å². The van der Waals surface area contributed by atoms with Gasteiger partial charge in [-0.2, -0.15) is 0 Å². The van der Waals surface area contributed by atoms with Crippen molar-refractivity contribution in [2.75, 3.05) is 13.2 Å². The van der Waals surface area contributed by atoms with E-state index in [0.29, 0.717) is 10.6 Å². The van der Waals surface area contributed by atoms with Crippen LogP contribution < -0.4 is 11.1 Å². The summed E-state index contributed by atoms with van der Waals surface area (Å²) >= 11 is 7.37. The zero-order valence-electron chi connectivity index (χ0n) is 15.7. The van der Waals surface area contributed by atoms with Crippen LogP contribution in [0, 0.1) is 0 Å². The highest BCUT2D eigenvalue weighted by Gasteiger charge is 2.19. The van der Waals surface area contributed by atoms with Crippen LogP contribution in [0.4, 0.5) is 4.79 Å². The van der Waals surface area contributed by atoms with Crippen molar-refractivity contribution in [3.8, 4) is 0 Å². The van der Waals surface area contributed by atoms with E-state index in [1.54, 1.807) is 45.0 Å². The number of carbonyl (C=O) groups excluding carboxylic acids is 2. The second-order valence-corrected chi connectivity index (χ2v) is 7.58. The lowest BCUT2D eigenvalue weighted by Gasteiger charge is -2.20. The highest BCUT2D eigenvalue weighted by atomic mass is 127. The van der Waals surface area contributed by atoms with Crippen LogP contribution in [0.2, 0.25) is 5.02 Å². The van der Waals surface area contributed by atoms with Gasteiger partial charge in [-0.15, -0.1) is 0 Å². The van der Waals surface area contributed by atoms with Crippen molar-refractivity contribution in [1.82, 2.24) is 5.32 Å². The number of aliphatic hydroxyl groups excluding tert-OH is 1. The van der Waals surface area contributed by atoms with Gasteiger partial charge in [0, 0.05) is 17.3 Å². The first-order valence-electron chi connectivity index (χ1n) is 8.27. The molecule has 0 saturated heterocycles. The first-order chi connectivity index (χ1) is 13.1. The van der Waals surface area contributed by atoms with Gasteiger partial charge in [0.25, 0.3) is 0 Å². The average Bonchev–Trinajstić information content (AvgIpc) is 2.61. The van der Waals surface area contributed by atoms with Crippen LogP contribution in [0.15, 0.2) is 35.3 Å². The maximum Gasteiger partial charge on any atom is 0.407 e. The maximum atomic E-state index is 12.0. The molecule has 0 spiro atoms. The molecule has 0 aliphatic heterocycles. The van der Waals surface area contributed by atoms with E-state index in [0.717, 1.165) is 0 Å². The number of alkyl carbamates (subject to hydrolysis) is 1. The van der Waals surface area contributed by atoms with Crippen molar-refractivity contribution in [1.29, 1.82) is 0 Å². The summed E-state index contributed by atoms with van der Waals surface area (Å²) in [6.45, 7) is 4.72. The molecule has 0 fully saturated rings. The predicted molar refractivity (Wildman–Crippen MR) is 116 cm³/mol. The van der Waals surface area contributed by atoms with Crippen molar-refractivity contribution in [3.63, 3.8) is 0 Å². The standard InChI is InChI=1S/C18H23ClIN3O5/c1-18(2,3)27-17(26)22-9-13(10-24)23-15(16(25)28-20)8-14(21)11-5-4-6-12(19)7-11/h4-8,13,24H,9-10,21H2,1-3H3,(H,22,26). The molecule has 0 bridgehead atoms. The number of benzene rings is 1.